The summed E-state index contributed by atoms with van der Waals surface area (Å²) in [5.74, 6) is 1.90. The summed E-state index contributed by atoms with van der Waals surface area (Å²) < 4.78 is 0. The predicted octanol–water partition coefficient (Wildman–Crippen LogP) is 2.29. The summed E-state index contributed by atoms with van der Waals surface area (Å²) >= 11 is 0. The first-order valence-corrected chi connectivity index (χ1v) is 7.76. The maximum absolute atomic E-state index is 6.27. The lowest BCUT2D eigenvalue weighted by atomic mass is 9.64. The van der Waals surface area contributed by atoms with Crippen LogP contribution in [0.4, 0.5) is 0 Å². The van der Waals surface area contributed by atoms with Gasteiger partial charge in [0.2, 0.25) is 0 Å². The third kappa shape index (κ3) is 3.33. The Morgan fingerprint density at radius 1 is 1.37 bits per heavy atom. The molecule has 3 nitrogen and oxygen atoms in total. The Morgan fingerprint density at radius 3 is 2.74 bits per heavy atom. The zero-order valence-corrected chi connectivity index (χ0v) is 12.7. The molecule has 4 heteroatoms. The van der Waals surface area contributed by atoms with E-state index in [1.54, 1.807) is 0 Å². The molecule has 2 radical (unpaired) electrons. The quantitative estimate of drug-likeness (QED) is 0.736. The molecule has 1 aliphatic heterocycles. The van der Waals surface area contributed by atoms with Crippen LogP contribution in [-0.2, 0) is 0 Å². The molecule has 3 unspecified atom stereocenters. The largest absolute Gasteiger partial charge is 0.355 e. The average molecular weight is 261 g/mol. The van der Waals surface area contributed by atoms with Crippen LogP contribution >= 0.6 is 0 Å². The Kier molecular flexibility index (Phi) is 4.60. The molecule has 1 saturated carbocycles. The molecule has 0 aromatic rings. The molecule has 1 heterocycles. The molecular weight excluding hydrogens is 233 g/mol. The topological polar surface area (TPSA) is 41.6 Å². The van der Waals surface area contributed by atoms with Gasteiger partial charge in [-0.05, 0) is 50.9 Å². The van der Waals surface area contributed by atoms with Gasteiger partial charge in [0.1, 0.15) is 0 Å². The number of likely N-dealkylation sites (tertiary alicyclic amines) is 1. The lowest BCUT2D eigenvalue weighted by Crippen LogP contribution is -2.55. The van der Waals surface area contributed by atoms with E-state index in [2.05, 4.69) is 23.7 Å². The van der Waals surface area contributed by atoms with Gasteiger partial charge in [0.15, 0.2) is 0 Å². The van der Waals surface area contributed by atoms with Gasteiger partial charge in [0.25, 0.3) is 0 Å². The molecule has 0 aromatic heterocycles. The second-order valence-corrected chi connectivity index (χ2v) is 6.69. The van der Waals surface area contributed by atoms with Gasteiger partial charge in [-0.3, -0.25) is 4.99 Å². The van der Waals surface area contributed by atoms with Gasteiger partial charge in [0, 0.05) is 25.6 Å². The van der Waals surface area contributed by atoms with Gasteiger partial charge in [0.05, 0.1) is 13.7 Å². The van der Waals surface area contributed by atoms with E-state index in [9.17, 15) is 0 Å². The van der Waals surface area contributed by atoms with E-state index in [0.29, 0.717) is 18.0 Å². The summed E-state index contributed by atoms with van der Waals surface area (Å²) in [7, 11) is 8.19. The van der Waals surface area contributed by atoms with Gasteiger partial charge in [-0.15, -0.1) is 0 Å². The Morgan fingerprint density at radius 2 is 2.11 bits per heavy atom. The summed E-state index contributed by atoms with van der Waals surface area (Å²) in [5.41, 5.74) is 5.81. The Hall–Kier alpha value is -0.505. The molecule has 0 bridgehead atoms. The van der Waals surface area contributed by atoms with Crippen LogP contribution in [-0.4, -0.2) is 43.2 Å². The number of fused-ring (bicyclic) bond motifs is 1. The fraction of sp³-hybridized carbons (Fsp3) is 0.933. The summed E-state index contributed by atoms with van der Waals surface area (Å²) in [4.78, 5) is 7.05. The zero-order chi connectivity index (χ0) is 14.0. The summed E-state index contributed by atoms with van der Waals surface area (Å²) in [5, 5.41) is 0. The average Bonchev–Trinajstić information content (AvgIpc) is 2.32. The fourth-order valence-electron chi connectivity index (χ4n) is 3.97. The monoisotopic (exact) mass is 261 g/mol. The maximum atomic E-state index is 6.27. The van der Waals surface area contributed by atoms with Crippen molar-refractivity contribution in [3.8, 4) is 0 Å². The molecule has 0 amide bonds. The Labute approximate surface area is 119 Å². The molecule has 1 saturated heterocycles. The first-order chi connectivity index (χ1) is 8.94. The van der Waals surface area contributed by atoms with Crippen molar-refractivity contribution in [3.05, 3.63) is 0 Å². The van der Waals surface area contributed by atoms with Gasteiger partial charge < -0.3 is 10.6 Å². The van der Waals surface area contributed by atoms with E-state index >= 15 is 0 Å². The predicted molar refractivity (Wildman–Crippen MR) is 82.6 cm³/mol. The molecule has 106 valence electrons. The Balaban J connectivity index is 2.22. The van der Waals surface area contributed by atoms with E-state index in [-0.39, 0.29) is 0 Å². The highest BCUT2D eigenvalue weighted by Gasteiger charge is 2.38. The maximum Gasteiger partial charge on any atom is 0.0990 e. The first-order valence-electron chi connectivity index (χ1n) is 7.76. The minimum Gasteiger partial charge on any atom is -0.355 e. The summed E-state index contributed by atoms with van der Waals surface area (Å²) in [6, 6.07) is 1.09. The molecule has 1 aliphatic carbocycles. The molecule has 0 aromatic carbocycles. The molecule has 2 rings (SSSR count). The molecule has 3 atom stereocenters. The van der Waals surface area contributed by atoms with Crippen molar-refractivity contribution in [1.29, 1.82) is 0 Å². The zero-order valence-electron chi connectivity index (χ0n) is 12.7. The first kappa shape index (κ1) is 14.9. The number of nitrogens with zero attached hydrogens (tertiary/aromatic N) is 2. The number of hydrogen-bond donors (Lipinski definition) is 1. The normalized spacial score (nSPS) is 39.0. The van der Waals surface area contributed by atoms with Crippen LogP contribution in [0.5, 0.6) is 0 Å². The second kappa shape index (κ2) is 5.86. The lowest BCUT2D eigenvalue weighted by Gasteiger charge is -2.49. The Bertz CT molecular complexity index is 338. The van der Waals surface area contributed by atoms with E-state index in [1.807, 2.05) is 7.05 Å². The van der Waals surface area contributed by atoms with Crippen LogP contribution in [0, 0.1) is 5.92 Å². The van der Waals surface area contributed by atoms with Gasteiger partial charge in [-0.25, -0.2) is 0 Å². The molecule has 0 spiro atoms. The van der Waals surface area contributed by atoms with E-state index in [0.717, 1.165) is 25.7 Å². The van der Waals surface area contributed by atoms with Gasteiger partial charge in [-0.1, -0.05) is 12.8 Å². The van der Waals surface area contributed by atoms with Crippen LogP contribution in [0.3, 0.4) is 0 Å². The SMILES string of the molecule is [B]C1(N)CCCCC2C(CCC(=NC)N2C(C)C)C1. The van der Waals surface area contributed by atoms with Crippen molar-refractivity contribution in [2.24, 2.45) is 16.6 Å². The second-order valence-electron chi connectivity index (χ2n) is 6.69. The number of rotatable bonds is 1. The standard InChI is InChI=1S/C15H28BN3/c1-11(2)19-13-6-4-5-9-15(16,17)10-12(13)7-8-14(19)18-3/h11-13H,4-10,17H2,1-3H3. The van der Waals surface area contributed by atoms with Crippen LogP contribution in [0.1, 0.15) is 58.8 Å². The van der Waals surface area contributed by atoms with Crippen LogP contribution in [0.25, 0.3) is 0 Å². The molecular formula is C15H28BN3. The van der Waals surface area contributed by atoms with Crippen molar-refractivity contribution < 1.29 is 0 Å². The summed E-state index contributed by atoms with van der Waals surface area (Å²) in [6.07, 6.45) is 7.84. The number of amidine groups is 1. The van der Waals surface area contributed by atoms with E-state index in [4.69, 9.17) is 13.6 Å². The fourth-order valence-corrected chi connectivity index (χ4v) is 3.97. The van der Waals surface area contributed by atoms with E-state index in [1.165, 1.54) is 25.1 Å². The number of nitrogens with two attached hydrogens (primary N) is 1. The highest BCUT2D eigenvalue weighted by molar-refractivity contribution is 6.15. The minimum absolute atomic E-state index is 0.465. The van der Waals surface area contributed by atoms with Crippen molar-refractivity contribution >= 4 is 13.7 Å². The number of piperidine rings is 1. The molecule has 2 aliphatic rings. The molecule has 2 fully saturated rings. The van der Waals surface area contributed by atoms with Crippen LogP contribution in [0.15, 0.2) is 4.99 Å². The lowest BCUT2D eigenvalue weighted by molar-refractivity contribution is 0.119. The van der Waals surface area contributed by atoms with Crippen molar-refractivity contribution in [3.63, 3.8) is 0 Å². The summed E-state index contributed by atoms with van der Waals surface area (Å²) in [6.45, 7) is 4.54. The number of aliphatic imine (C=N–C) groups is 1. The smallest absolute Gasteiger partial charge is 0.0990 e. The third-order valence-corrected chi connectivity index (χ3v) is 4.79. The highest BCUT2D eigenvalue weighted by Crippen LogP contribution is 2.37. The van der Waals surface area contributed by atoms with E-state index < -0.39 is 5.44 Å². The van der Waals surface area contributed by atoms with Crippen LogP contribution < -0.4 is 5.73 Å². The molecule has 19 heavy (non-hydrogen) atoms. The molecule has 2 N–H and O–H groups in total. The van der Waals surface area contributed by atoms with Crippen molar-refractivity contribution in [2.75, 3.05) is 7.05 Å². The third-order valence-electron chi connectivity index (χ3n) is 4.79. The van der Waals surface area contributed by atoms with Crippen molar-refractivity contribution in [2.45, 2.75) is 76.3 Å². The van der Waals surface area contributed by atoms with Gasteiger partial charge >= 0.3 is 0 Å². The highest BCUT2D eigenvalue weighted by atomic mass is 15.2. The van der Waals surface area contributed by atoms with Crippen LogP contribution in [0.2, 0.25) is 0 Å². The minimum atomic E-state index is -0.465. The number of hydrogen-bond acceptors (Lipinski definition) is 2. The van der Waals surface area contributed by atoms with Gasteiger partial charge in [-0.2, -0.15) is 0 Å². The van der Waals surface area contributed by atoms with Crippen molar-refractivity contribution in [1.82, 2.24) is 4.90 Å².